The van der Waals surface area contributed by atoms with E-state index in [0.717, 1.165) is 24.9 Å². The number of sulfonamides is 1. The molecule has 1 fully saturated rings. The maximum atomic E-state index is 12.5. The quantitative estimate of drug-likeness (QED) is 0.836. The first kappa shape index (κ1) is 16.4. The van der Waals surface area contributed by atoms with Gasteiger partial charge in [0.05, 0.1) is 0 Å². The minimum Gasteiger partial charge on any atom is -0.313 e. The number of pyridine rings is 1. The van der Waals surface area contributed by atoms with E-state index >= 15 is 0 Å². The first-order valence-electron chi connectivity index (χ1n) is 7.66. The molecule has 1 aliphatic carbocycles. The fourth-order valence-corrected chi connectivity index (χ4v) is 3.90. The Balaban J connectivity index is 2.03. The van der Waals surface area contributed by atoms with E-state index in [2.05, 4.69) is 10.3 Å². The summed E-state index contributed by atoms with van der Waals surface area (Å²) >= 11 is 0. The summed E-state index contributed by atoms with van der Waals surface area (Å²) in [7, 11) is -1.81. The molecular weight excluding hydrogens is 286 g/mol. The van der Waals surface area contributed by atoms with E-state index in [4.69, 9.17) is 0 Å². The third kappa shape index (κ3) is 4.25. The fourth-order valence-electron chi connectivity index (χ4n) is 2.75. The van der Waals surface area contributed by atoms with Crippen LogP contribution >= 0.6 is 0 Å². The summed E-state index contributed by atoms with van der Waals surface area (Å²) in [5, 5.41) is 3.34. The summed E-state index contributed by atoms with van der Waals surface area (Å²) in [6.07, 6.45) is 6.34. The molecule has 0 aliphatic heterocycles. The summed E-state index contributed by atoms with van der Waals surface area (Å²) in [4.78, 5) is 4.13. The molecule has 1 N–H and O–H groups in total. The second-order valence-corrected chi connectivity index (χ2v) is 7.71. The topological polar surface area (TPSA) is 62.3 Å². The maximum Gasteiger partial charge on any atom is 0.260 e. The van der Waals surface area contributed by atoms with E-state index in [1.165, 1.54) is 17.1 Å². The molecule has 1 aliphatic rings. The zero-order valence-corrected chi connectivity index (χ0v) is 13.7. The lowest BCUT2D eigenvalue weighted by Crippen LogP contribution is -2.31. The van der Waals surface area contributed by atoms with Gasteiger partial charge >= 0.3 is 0 Å². The van der Waals surface area contributed by atoms with E-state index in [1.807, 2.05) is 13.0 Å². The lowest BCUT2D eigenvalue weighted by molar-refractivity contribution is 0.386. The van der Waals surface area contributed by atoms with Crippen molar-refractivity contribution in [3.8, 4) is 0 Å². The van der Waals surface area contributed by atoms with Crippen LogP contribution in [0.5, 0.6) is 0 Å². The molecule has 0 amide bonds. The Bertz CT molecular complexity index is 537. The molecule has 0 spiro atoms. The van der Waals surface area contributed by atoms with Crippen LogP contribution in [0.15, 0.2) is 23.4 Å². The monoisotopic (exact) mass is 311 g/mol. The van der Waals surface area contributed by atoms with E-state index in [-0.39, 0.29) is 5.03 Å². The van der Waals surface area contributed by atoms with Crippen molar-refractivity contribution in [1.82, 2.24) is 14.6 Å². The van der Waals surface area contributed by atoms with Crippen LogP contribution in [-0.4, -0.2) is 37.8 Å². The summed E-state index contributed by atoms with van der Waals surface area (Å²) in [6.45, 7) is 4.22. The van der Waals surface area contributed by atoms with Crippen molar-refractivity contribution < 1.29 is 8.42 Å². The molecule has 118 valence electrons. The molecule has 0 unspecified atom stereocenters. The Kier molecular flexibility index (Phi) is 5.72. The molecule has 0 saturated heterocycles. The minimum absolute atomic E-state index is 0.142. The van der Waals surface area contributed by atoms with Gasteiger partial charge in [0, 0.05) is 26.3 Å². The summed E-state index contributed by atoms with van der Waals surface area (Å²) < 4.78 is 26.4. The highest BCUT2D eigenvalue weighted by atomic mass is 32.2. The van der Waals surface area contributed by atoms with Gasteiger partial charge in [-0.05, 0) is 36.9 Å². The molecule has 1 aromatic heterocycles. The van der Waals surface area contributed by atoms with Gasteiger partial charge in [0.15, 0.2) is 5.03 Å². The molecule has 1 saturated carbocycles. The standard InChI is InChI=1S/C15H25N3O2S/c1-3-16-10-14-8-9-15(17-11-14)21(19,20)18(2)12-13-6-4-5-7-13/h8-9,11,13,16H,3-7,10,12H2,1-2H3. The van der Waals surface area contributed by atoms with Crippen LogP contribution in [0.3, 0.4) is 0 Å². The van der Waals surface area contributed by atoms with Crippen molar-refractivity contribution in [3.05, 3.63) is 23.9 Å². The van der Waals surface area contributed by atoms with Crippen molar-refractivity contribution in [2.45, 2.75) is 44.2 Å². The van der Waals surface area contributed by atoms with Crippen LogP contribution in [0, 0.1) is 5.92 Å². The van der Waals surface area contributed by atoms with Crippen molar-refractivity contribution in [2.24, 2.45) is 5.92 Å². The lowest BCUT2D eigenvalue weighted by Gasteiger charge is -2.20. The third-order valence-electron chi connectivity index (χ3n) is 4.04. The highest BCUT2D eigenvalue weighted by Crippen LogP contribution is 2.26. The largest absolute Gasteiger partial charge is 0.313 e. The van der Waals surface area contributed by atoms with E-state index < -0.39 is 10.0 Å². The molecule has 6 heteroatoms. The van der Waals surface area contributed by atoms with Gasteiger partial charge in [0.1, 0.15) is 0 Å². The van der Waals surface area contributed by atoms with Gasteiger partial charge in [-0.25, -0.2) is 13.4 Å². The normalized spacial score (nSPS) is 16.7. The SMILES string of the molecule is CCNCc1ccc(S(=O)(=O)N(C)CC2CCCC2)nc1. The van der Waals surface area contributed by atoms with Gasteiger partial charge in [-0.3, -0.25) is 0 Å². The lowest BCUT2D eigenvalue weighted by atomic mass is 10.1. The molecule has 0 atom stereocenters. The van der Waals surface area contributed by atoms with Crippen LogP contribution in [0.1, 0.15) is 38.2 Å². The first-order chi connectivity index (χ1) is 10.0. The number of nitrogens with one attached hydrogen (secondary N) is 1. The first-order valence-corrected chi connectivity index (χ1v) is 9.10. The number of rotatable bonds is 7. The van der Waals surface area contributed by atoms with Gasteiger partial charge in [-0.1, -0.05) is 25.8 Å². The highest BCUT2D eigenvalue weighted by Gasteiger charge is 2.26. The Morgan fingerprint density at radius 3 is 2.62 bits per heavy atom. The second-order valence-electron chi connectivity index (χ2n) is 5.72. The Labute approximate surface area is 127 Å². The van der Waals surface area contributed by atoms with Gasteiger partial charge in [0.25, 0.3) is 10.0 Å². The predicted molar refractivity (Wildman–Crippen MR) is 83.4 cm³/mol. The average molecular weight is 311 g/mol. The van der Waals surface area contributed by atoms with Crippen molar-refractivity contribution in [1.29, 1.82) is 0 Å². The van der Waals surface area contributed by atoms with Gasteiger partial charge in [-0.15, -0.1) is 0 Å². The van der Waals surface area contributed by atoms with E-state index in [0.29, 0.717) is 19.0 Å². The van der Waals surface area contributed by atoms with Crippen LogP contribution < -0.4 is 5.32 Å². The molecule has 1 aromatic rings. The number of hydrogen-bond donors (Lipinski definition) is 1. The Morgan fingerprint density at radius 1 is 1.33 bits per heavy atom. The highest BCUT2D eigenvalue weighted by molar-refractivity contribution is 7.89. The molecule has 0 bridgehead atoms. The maximum absolute atomic E-state index is 12.5. The molecular formula is C15H25N3O2S. The molecule has 5 nitrogen and oxygen atoms in total. The molecule has 0 radical (unpaired) electrons. The van der Waals surface area contributed by atoms with Crippen LogP contribution in [0.4, 0.5) is 0 Å². The van der Waals surface area contributed by atoms with Crippen LogP contribution in [0.25, 0.3) is 0 Å². The van der Waals surface area contributed by atoms with Gasteiger partial charge in [-0.2, -0.15) is 4.31 Å². The number of hydrogen-bond acceptors (Lipinski definition) is 4. The smallest absolute Gasteiger partial charge is 0.260 e. The zero-order valence-electron chi connectivity index (χ0n) is 12.9. The van der Waals surface area contributed by atoms with E-state index in [1.54, 1.807) is 19.3 Å². The fraction of sp³-hybridized carbons (Fsp3) is 0.667. The van der Waals surface area contributed by atoms with Crippen LogP contribution in [-0.2, 0) is 16.6 Å². The van der Waals surface area contributed by atoms with Crippen LogP contribution in [0.2, 0.25) is 0 Å². The molecule has 1 heterocycles. The molecule has 0 aromatic carbocycles. The van der Waals surface area contributed by atoms with E-state index in [9.17, 15) is 8.42 Å². The second kappa shape index (κ2) is 7.33. The van der Waals surface area contributed by atoms with Crippen molar-refractivity contribution in [3.63, 3.8) is 0 Å². The Morgan fingerprint density at radius 2 is 2.05 bits per heavy atom. The number of aromatic nitrogens is 1. The summed E-state index contributed by atoms with van der Waals surface area (Å²) in [6, 6.07) is 3.43. The predicted octanol–water partition coefficient (Wildman–Crippen LogP) is 2.00. The number of nitrogens with zero attached hydrogens (tertiary/aromatic N) is 2. The van der Waals surface area contributed by atoms with Gasteiger partial charge < -0.3 is 5.32 Å². The molecule has 2 rings (SSSR count). The summed E-state index contributed by atoms with van der Waals surface area (Å²) in [5.74, 6) is 0.498. The Hall–Kier alpha value is -0.980. The zero-order chi connectivity index (χ0) is 15.3. The minimum atomic E-state index is -3.46. The van der Waals surface area contributed by atoms with Gasteiger partial charge in [0.2, 0.25) is 0 Å². The third-order valence-corrected chi connectivity index (χ3v) is 5.78. The average Bonchev–Trinajstić information content (AvgIpc) is 2.98. The van der Waals surface area contributed by atoms with Crippen molar-refractivity contribution in [2.75, 3.05) is 20.1 Å². The summed E-state index contributed by atoms with van der Waals surface area (Å²) in [5.41, 5.74) is 0.995. The van der Waals surface area contributed by atoms with Crippen molar-refractivity contribution >= 4 is 10.0 Å². The molecule has 21 heavy (non-hydrogen) atoms.